The number of ether oxygens (including phenoxy) is 1. The van der Waals surface area contributed by atoms with Crippen LogP contribution in [0.2, 0.25) is 5.15 Å². The van der Waals surface area contributed by atoms with Crippen LogP contribution in [0.1, 0.15) is 17.5 Å². The molecule has 0 saturated carbocycles. The summed E-state index contributed by atoms with van der Waals surface area (Å²) in [6, 6.07) is 3.30. The summed E-state index contributed by atoms with van der Waals surface area (Å²) in [6.07, 6.45) is 1.55. The Morgan fingerprint density at radius 2 is 2.47 bits per heavy atom. The van der Waals surface area contributed by atoms with E-state index in [2.05, 4.69) is 4.98 Å². The predicted molar refractivity (Wildman–Crippen MR) is 55.0 cm³/mol. The Morgan fingerprint density at radius 3 is 3.13 bits per heavy atom. The molecule has 0 aliphatic rings. The second kappa shape index (κ2) is 3.90. The third-order valence-corrected chi connectivity index (χ3v) is 2.14. The molecule has 2 aromatic heterocycles. The largest absolute Gasteiger partial charge is 0.460 e. The van der Waals surface area contributed by atoms with Crippen molar-refractivity contribution < 1.29 is 13.9 Å². The van der Waals surface area contributed by atoms with Crippen LogP contribution in [0.15, 0.2) is 22.7 Å². The number of hydrogen-bond donors (Lipinski definition) is 0. The van der Waals surface area contributed by atoms with Crippen LogP contribution in [-0.4, -0.2) is 17.6 Å². The van der Waals surface area contributed by atoms with E-state index in [1.807, 2.05) is 0 Å². The highest BCUT2D eigenvalue weighted by Gasteiger charge is 2.14. The zero-order valence-corrected chi connectivity index (χ0v) is 8.75. The second-order valence-electron chi connectivity index (χ2n) is 2.85. The Morgan fingerprint density at radius 1 is 1.67 bits per heavy atom. The lowest BCUT2D eigenvalue weighted by Crippen LogP contribution is -2.02. The first-order valence-electron chi connectivity index (χ1n) is 4.43. The number of aromatic nitrogens is 1. The van der Waals surface area contributed by atoms with Gasteiger partial charge in [0.05, 0.1) is 6.61 Å². The van der Waals surface area contributed by atoms with Gasteiger partial charge in [0.2, 0.25) is 5.76 Å². The Balaban J connectivity index is 2.47. The molecule has 0 atom stereocenters. The lowest BCUT2D eigenvalue weighted by atomic mass is 10.3. The van der Waals surface area contributed by atoms with Crippen molar-refractivity contribution in [2.24, 2.45) is 0 Å². The van der Waals surface area contributed by atoms with E-state index < -0.39 is 5.97 Å². The minimum atomic E-state index is -0.496. The number of fused-ring (bicyclic) bond motifs is 1. The fourth-order valence-corrected chi connectivity index (χ4v) is 1.44. The van der Waals surface area contributed by atoms with Crippen molar-refractivity contribution in [1.82, 2.24) is 4.98 Å². The molecule has 0 N–H and O–H groups in total. The van der Waals surface area contributed by atoms with Crippen LogP contribution in [0.3, 0.4) is 0 Å². The fraction of sp³-hybridized carbons (Fsp3) is 0.200. The van der Waals surface area contributed by atoms with E-state index in [1.54, 1.807) is 25.3 Å². The van der Waals surface area contributed by atoms with Gasteiger partial charge in [-0.3, -0.25) is 0 Å². The maximum atomic E-state index is 11.3. The number of nitrogens with zero attached hydrogens (tertiary/aromatic N) is 1. The van der Waals surface area contributed by atoms with Crippen molar-refractivity contribution in [3.05, 3.63) is 29.2 Å². The van der Waals surface area contributed by atoms with Crippen molar-refractivity contribution >= 4 is 28.5 Å². The molecule has 0 fully saturated rings. The van der Waals surface area contributed by atoms with Gasteiger partial charge in [0.15, 0.2) is 10.7 Å². The van der Waals surface area contributed by atoms with Crippen LogP contribution >= 0.6 is 11.6 Å². The molecular formula is C10H8ClNO3. The minimum Gasteiger partial charge on any atom is -0.460 e. The molecule has 0 amide bonds. The van der Waals surface area contributed by atoms with Gasteiger partial charge in [-0.15, -0.1) is 0 Å². The van der Waals surface area contributed by atoms with Crippen LogP contribution in [0, 0.1) is 0 Å². The van der Waals surface area contributed by atoms with Crippen molar-refractivity contribution in [1.29, 1.82) is 0 Å². The maximum Gasteiger partial charge on any atom is 0.374 e. The van der Waals surface area contributed by atoms with Crippen molar-refractivity contribution in [2.45, 2.75) is 6.92 Å². The summed E-state index contributed by atoms with van der Waals surface area (Å²) in [4.78, 5) is 15.2. The first-order valence-corrected chi connectivity index (χ1v) is 4.81. The Bertz CT molecular complexity index is 506. The van der Waals surface area contributed by atoms with Gasteiger partial charge in [0.1, 0.15) is 0 Å². The number of halogens is 1. The molecule has 2 heterocycles. The zero-order chi connectivity index (χ0) is 10.8. The molecule has 0 aromatic carbocycles. The summed E-state index contributed by atoms with van der Waals surface area (Å²) in [5.41, 5.74) is 0.405. The topological polar surface area (TPSA) is 52.3 Å². The van der Waals surface area contributed by atoms with E-state index in [0.29, 0.717) is 12.2 Å². The van der Waals surface area contributed by atoms with Gasteiger partial charge in [-0.25, -0.2) is 9.78 Å². The highest BCUT2D eigenvalue weighted by atomic mass is 35.5. The predicted octanol–water partition coefficient (Wildman–Crippen LogP) is 2.66. The summed E-state index contributed by atoms with van der Waals surface area (Å²) >= 11 is 5.80. The highest BCUT2D eigenvalue weighted by molar-refractivity contribution is 6.33. The third-order valence-electron chi connectivity index (χ3n) is 1.87. The lowest BCUT2D eigenvalue weighted by molar-refractivity contribution is 0.0492. The Labute approximate surface area is 90.8 Å². The van der Waals surface area contributed by atoms with Gasteiger partial charge in [-0.1, -0.05) is 11.6 Å². The molecule has 4 nitrogen and oxygen atoms in total. The molecule has 5 heteroatoms. The molecule has 0 spiro atoms. The molecule has 15 heavy (non-hydrogen) atoms. The molecule has 2 aromatic rings. The van der Waals surface area contributed by atoms with Gasteiger partial charge < -0.3 is 9.15 Å². The van der Waals surface area contributed by atoms with Crippen LogP contribution < -0.4 is 0 Å². The summed E-state index contributed by atoms with van der Waals surface area (Å²) < 4.78 is 10.0. The van der Waals surface area contributed by atoms with E-state index >= 15 is 0 Å². The molecule has 0 aliphatic carbocycles. The van der Waals surface area contributed by atoms with E-state index in [1.165, 1.54) is 0 Å². The molecule has 2 rings (SSSR count). The van der Waals surface area contributed by atoms with Gasteiger partial charge >= 0.3 is 5.97 Å². The number of carbonyl (C=O) groups is 1. The van der Waals surface area contributed by atoms with Gasteiger partial charge in [0, 0.05) is 11.6 Å². The van der Waals surface area contributed by atoms with Crippen molar-refractivity contribution in [3.8, 4) is 0 Å². The van der Waals surface area contributed by atoms with E-state index in [0.717, 1.165) is 5.39 Å². The summed E-state index contributed by atoms with van der Waals surface area (Å²) in [5.74, 6) is -0.355. The zero-order valence-electron chi connectivity index (χ0n) is 7.99. The molecule has 0 saturated heterocycles. The molecular weight excluding hydrogens is 218 g/mol. The van der Waals surface area contributed by atoms with Gasteiger partial charge in [-0.2, -0.15) is 0 Å². The normalized spacial score (nSPS) is 10.5. The smallest absolute Gasteiger partial charge is 0.374 e. The molecule has 78 valence electrons. The van der Waals surface area contributed by atoms with E-state index in [9.17, 15) is 4.79 Å². The number of furan rings is 1. The number of hydrogen-bond acceptors (Lipinski definition) is 4. The molecule has 0 bridgehead atoms. The minimum absolute atomic E-state index is 0.141. The first kappa shape index (κ1) is 9.98. The lowest BCUT2D eigenvalue weighted by Gasteiger charge is -1.95. The number of carbonyl (C=O) groups excluding carboxylic acids is 1. The van der Waals surface area contributed by atoms with Crippen molar-refractivity contribution in [3.63, 3.8) is 0 Å². The Kier molecular flexibility index (Phi) is 2.60. The summed E-state index contributed by atoms with van der Waals surface area (Å²) in [5, 5.41) is 0.973. The first-order chi connectivity index (χ1) is 7.22. The summed E-state index contributed by atoms with van der Waals surface area (Å²) in [6.45, 7) is 2.04. The van der Waals surface area contributed by atoms with Gasteiger partial charge in [-0.05, 0) is 19.1 Å². The fourth-order valence-electron chi connectivity index (χ4n) is 1.23. The van der Waals surface area contributed by atoms with Crippen LogP contribution in [0.4, 0.5) is 0 Å². The Hall–Kier alpha value is -1.55. The SMILES string of the molecule is CCOC(=O)c1cc2ccnc(Cl)c2o1. The highest BCUT2D eigenvalue weighted by Crippen LogP contribution is 2.24. The molecule has 0 radical (unpaired) electrons. The van der Waals surface area contributed by atoms with E-state index in [-0.39, 0.29) is 10.9 Å². The number of pyridine rings is 1. The number of esters is 1. The maximum absolute atomic E-state index is 11.3. The van der Waals surface area contributed by atoms with Gasteiger partial charge in [0.25, 0.3) is 0 Å². The molecule has 0 unspecified atom stereocenters. The average molecular weight is 226 g/mol. The van der Waals surface area contributed by atoms with Crippen LogP contribution in [0.25, 0.3) is 11.0 Å². The monoisotopic (exact) mass is 225 g/mol. The van der Waals surface area contributed by atoms with Crippen LogP contribution in [-0.2, 0) is 4.74 Å². The second-order valence-corrected chi connectivity index (χ2v) is 3.21. The standard InChI is InChI=1S/C10H8ClNO3/c1-2-14-10(13)7-5-6-3-4-12-9(11)8(6)15-7/h3-5H,2H2,1H3. The summed E-state index contributed by atoms with van der Waals surface area (Å²) in [7, 11) is 0. The number of rotatable bonds is 2. The average Bonchev–Trinajstić information content (AvgIpc) is 2.63. The molecule has 0 aliphatic heterocycles. The van der Waals surface area contributed by atoms with E-state index in [4.69, 9.17) is 20.8 Å². The van der Waals surface area contributed by atoms with Crippen molar-refractivity contribution in [2.75, 3.05) is 6.61 Å². The third kappa shape index (κ3) is 1.80. The van der Waals surface area contributed by atoms with Crippen LogP contribution in [0.5, 0.6) is 0 Å². The quantitative estimate of drug-likeness (QED) is 0.582.